The van der Waals surface area contributed by atoms with E-state index in [1.165, 1.54) is 23.2 Å². The van der Waals surface area contributed by atoms with E-state index in [0.29, 0.717) is 17.3 Å². The lowest BCUT2D eigenvalue weighted by Crippen LogP contribution is -2.50. The molecule has 2 fully saturated rings. The predicted molar refractivity (Wildman–Crippen MR) is 122 cm³/mol. The number of sulfonamides is 1. The van der Waals surface area contributed by atoms with Gasteiger partial charge in [-0.2, -0.15) is 0 Å². The minimum Gasteiger partial charge on any atom is -0.431 e. The molecule has 9 heteroatoms. The molecular formula is C22H26N4O3S2. The number of fused-ring (bicyclic) bond motifs is 3. The molecule has 3 aromatic rings. The molecule has 3 atom stereocenters. The molecule has 4 heterocycles. The van der Waals surface area contributed by atoms with Gasteiger partial charge in [0.2, 0.25) is 10.0 Å². The molecular weight excluding hydrogens is 432 g/mol. The Morgan fingerprint density at radius 3 is 2.58 bits per heavy atom. The van der Waals surface area contributed by atoms with E-state index in [1.807, 2.05) is 24.3 Å². The number of rotatable bonds is 7. The van der Waals surface area contributed by atoms with Gasteiger partial charge in [-0.15, -0.1) is 0 Å². The van der Waals surface area contributed by atoms with Crippen molar-refractivity contribution >= 4 is 31.7 Å². The monoisotopic (exact) mass is 458 g/mol. The van der Waals surface area contributed by atoms with Crippen LogP contribution in [0.15, 0.2) is 42.6 Å². The predicted octanol–water partition coefficient (Wildman–Crippen LogP) is 3.57. The molecule has 0 radical (unpaired) electrons. The third-order valence-electron chi connectivity index (χ3n) is 6.20. The van der Waals surface area contributed by atoms with Crippen molar-refractivity contribution in [2.45, 2.75) is 50.2 Å². The van der Waals surface area contributed by atoms with Crippen molar-refractivity contribution in [2.24, 2.45) is 0 Å². The summed E-state index contributed by atoms with van der Waals surface area (Å²) in [7, 11) is -3.14. The summed E-state index contributed by atoms with van der Waals surface area (Å²) in [5, 5.41) is 0.601. The van der Waals surface area contributed by atoms with Crippen LogP contribution in [0.2, 0.25) is 0 Å². The first-order valence-corrected chi connectivity index (χ1v) is 13.4. The van der Waals surface area contributed by atoms with Gasteiger partial charge in [-0.25, -0.2) is 23.1 Å². The highest BCUT2D eigenvalue weighted by atomic mass is 32.2. The van der Waals surface area contributed by atoms with Crippen molar-refractivity contribution in [2.75, 3.05) is 12.8 Å². The molecule has 2 bridgehead atoms. The lowest BCUT2D eigenvalue weighted by Gasteiger charge is -2.39. The fourth-order valence-electron chi connectivity index (χ4n) is 4.92. The summed E-state index contributed by atoms with van der Waals surface area (Å²) in [6.07, 6.45) is 8.13. The van der Waals surface area contributed by atoms with Gasteiger partial charge in [0.1, 0.15) is 16.1 Å². The van der Waals surface area contributed by atoms with Crippen LogP contribution in [0.5, 0.6) is 10.9 Å². The Morgan fingerprint density at radius 1 is 1.16 bits per heavy atom. The second kappa shape index (κ2) is 8.46. The number of nitrogens with zero attached hydrogens (tertiary/aromatic N) is 3. The van der Waals surface area contributed by atoms with E-state index in [1.54, 1.807) is 6.20 Å². The molecule has 2 aromatic heterocycles. The average Bonchev–Trinajstić information content (AvgIpc) is 3.23. The van der Waals surface area contributed by atoms with Gasteiger partial charge in [-0.3, -0.25) is 4.90 Å². The van der Waals surface area contributed by atoms with Crippen LogP contribution in [0, 0.1) is 0 Å². The average molecular weight is 459 g/mol. The third-order valence-corrected chi connectivity index (χ3v) is 7.82. The maximum absolute atomic E-state index is 11.6. The highest BCUT2D eigenvalue weighted by Crippen LogP contribution is 2.36. The SMILES string of the molecule is CS(=O)(=O)NC1C[C@H]2CC[C@@H](C1)N2CCc1ccc(Oc2nc3cccnc3s2)cc1. The number of thiazole rings is 1. The zero-order valence-corrected chi connectivity index (χ0v) is 19.0. The smallest absolute Gasteiger partial charge is 0.281 e. The second-order valence-corrected chi connectivity index (χ2v) is 11.2. The lowest BCUT2D eigenvalue weighted by molar-refractivity contribution is 0.125. The van der Waals surface area contributed by atoms with E-state index in [-0.39, 0.29) is 6.04 Å². The van der Waals surface area contributed by atoms with Crippen LogP contribution in [-0.4, -0.2) is 54.2 Å². The molecule has 5 rings (SSSR count). The number of hydrogen-bond donors (Lipinski definition) is 1. The third kappa shape index (κ3) is 4.90. The molecule has 0 aliphatic carbocycles. The van der Waals surface area contributed by atoms with Crippen molar-refractivity contribution in [1.82, 2.24) is 19.6 Å². The summed E-state index contributed by atoms with van der Waals surface area (Å²) in [5.74, 6) is 0.774. The van der Waals surface area contributed by atoms with Crippen LogP contribution < -0.4 is 9.46 Å². The summed E-state index contributed by atoms with van der Waals surface area (Å²) in [5.41, 5.74) is 2.12. The van der Waals surface area contributed by atoms with Crippen LogP contribution in [0.25, 0.3) is 10.3 Å². The first kappa shape index (κ1) is 20.8. The summed E-state index contributed by atoms with van der Waals surface area (Å²) >= 11 is 1.44. The van der Waals surface area contributed by atoms with Gasteiger partial charge in [-0.1, -0.05) is 23.5 Å². The van der Waals surface area contributed by atoms with Crippen LogP contribution in [0.4, 0.5) is 0 Å². The van der Waals surface area contributed by atoms with Crippen molar-refractivity contribution in [3.05, 3.63) is 48.2 Å². The zero-order valence-electron chi connectivity index (χ0n) is 17.4. The van der Waals surface area contributed by atoms with Gasteiger partial charge in [0.05, 0.1) is 6.26 Å². The van der Waals surface area contributed by atoms with Crippen LogP contribution in [0.1, 0.15) is 31.2 Å². The molecule has 0 saturated carbocycles. The van der Waals surface area contributed by atoms with Crippen molar-refractivity contribution < 1.29 is 13.2 Å². The normalized spacial score (nSPS) is 24.0. The highest BCUT2D eigenvalue weighted by molar-refractivity contribution is 7.88. The first-order valence-electron chi connectivity index (χ1n) is 10.6. The maximum atomic E-state index is 11.6. The van der Waals surface area contributed by atoms with E-state index in [9.17, 15) is 8.42 Å². The van der Waals surface area contributed by atoms with Gasteiger partial charge in [0, 0.05) is 30.9 Å². The number of benzene rings is 1. The quantitative estimate of drug-likeness (QED) is 0.583. The Bertz CT molecular complexity index is 1120. The minimum absolute atomic E-state index is 0.0814. The zero-order chi connectivity index (χ0) is 21.4. The van der Waals surface area contributed by atoms with Crippen molar-refractivity contribution in [1.29, 1.82) is 0 Å². The fraction of sp³-hybridized carbons (Fsp3) is 0.455. The fourth-order valence-corrected chi connectivity index (χ4v) is 6.49. The van der Waals surface area contributed by atoms with Crippen LogP contribution in [-0.2, 0) is 16.4 Å². The van der Waals surface area contributed by atoms with Crippen molar-refractivity contribution in [3.63, 3.8) is 0 Å². The molecule has 1 N–H and O–H groups in total. The Morgan fingerprint density at radius 2 is 1.90 bits per heavy atom. The lowest BCUT2D eigenvalue weighted by atomic mass is 9.97. The summed E-state index contributed by atoms with van der Waals surface area (Å²) < 4.78 is 31.9. The number of hydrogen-bond acceptors (Lipinski definition) is 7. The highest BCUT2D eigenvalue weighted by Gasteiger charge is 2.40. The summed E-state index contributed by atoms with van der Waals surface area (Å²) in [6, 6.07) is 13.1. The van der Waals surface area contributed by atoms with E-state index in [2.05, 4.69) is 31.7 Å². The molecule has 2 aliphatic heterocycles. The first-order chi connectivity index (χ1) is 14.9. The molecule has 1 unspecified atom stereocenters. The van der Waals surface area contributed by atoms with E-state index >= 15 is 0 Å². The molecule has 164 valence electrons. The van der Waals surface area contributed by atoms with Gasteiger partial charge < -0.3 is 4.74 Å². The largest absolute Gasteiger partial charge is 0.431 e. The maximum Gasteiger partial charge on any atom is 0.281 e. The number of pyridine rings is 1. The molecule has 2 saturated heterocycles. The van der Waals surface area contributed by atoms with Crippen LogP contribution >= 0.6 is 11.3 Å². The van der Waals surface area contributed by atoms with E-state index < -0.39 is 10.0 Å². The molecule has 1 aromatic carbocycles. The number of piperidine rings is 1. The Labute approximate surface area is 186 Å². The molecule has 2 aliphatic rings. The molecule has 0 amide bonds. The molecule has 31 heavy (non-hydrogen) atoms. The Kier molecular flexibility index (Phi) is 5.68. The van der Waals surface area contributed by atoms with Gasteiger partial charge in [0.25, 0.3) is 5.19 Å². The number of ether oxygens (including phenoxy) is 1. The number of nitrogens with one attached hydrogen (secondary N) is 1. The van der Waals surface area contributed by atoms with Crippen LogP contribution in [0.3, 0.4) is 0 Å². The molecule has 0 spiro atoms. The topological polar surface area (TPSA) is 84.4 Å². The Balaban J connectivity index is 1.16. The standard InChI is InChI=1S/C22H26N4O3S2/c1-31(27,28)25-16-13-17-6-7-18(14-16)26(17)12-10-15-4-8-19(9-5-15)29-22-24-20-3-2-11-23-21(20)30-22/h2-5,8-9,11,16-18,25H,6-7,10,12-14H2,1H3/t16?,17-,18+. The van der Waals surface area contributed by atoms with E-state index in [4.69, 9.17) is 4.74 Å². The summed E-state index contributed by atoms with van der Waals surface area (Å²) in [4.78, 5) is 12.2. The van der Waals surface area contributed by atoms with Gasteiger partial charge >= 0.3 is 0 Å². The molecule has 7 nitrogen and oxygen atoms in total. The van der Waals surface area contributed by atoms with Gasteiger partial charge in [-0.05, 0) is 61.9 Å². The number of aromatic nitrogens is 2. The van der Waals surface area contributed by atoms with Gasteiger partial charge in [0.15, 0.2) is 0 Å². The van der Waals surface area contributed by atoms with E-state index in [0.717, 1.165) is 54.7 Å². The summed E-state index contributed by atoms with van der Waals surface area (Å²) in [6.45, 7) is 1.00. The minimum atomic E-state index is -3.14. The Hall–Kier alpha value is -2.07. The van der Waals surface area contributed by atoms with Crippen molar-refractivity contribution in [3.8, 4) is 10.9 Å². The second-order valence-electron chi connectivity index (χ2n) is 8.48.